The monoisotopic (exact) mass is 231 g/mol. The molecule has 0 heterocycles. The van der Waals surface area contributed by atoms with Gasteiger partial charge >= 0.3 is 0 Å². The summed E-state index contributed by atoms with van der Waals surface area (Å²) in [6.07, 6.45) is 0. The van der Waals surface area contributed by atoms with Crippen LogP contribution in [0.15, 0.2) is 48.5 Å². The van der Waals surface area contributed by atoms with Gasteiger partial charge in [-0.25, -0.2) is 0 Å². The van der Waals surface area contributed by atoms with Crippen LogP contribution in [0.3, 0.4) is 0 Å². The lowest BCUT2D eigenvalue weighted by molar-refractivity contribution is 0.464. The number of nitrogens with two attached hydrogens (primary N) is 1. The number of aromatic hydroxyl groups is 1. The number of anilines is 1. The van der Waals surface area contributed by atoms with E-state index in [9.17, 15) is 0 Å². The molecule has 90 valence electrons. The molecule has 0 bridgehead atoms. The van der Waals surface area contributed by atoms with Crippen molar-refractivity contribution in [3.8, 4) is 17.2 Å². The molecule has 3 nitrogen and oxygen atoms in total. The Kier molecular flexibility index (Phi) is 4.88. The highest BCUT2D eigenvalue weighted by molar-refractivity contribution is 5.43. The predicted octanol–water partition coefficient (Wildman–Crippen LogP) is 3.79. The number of hydrogen-bond donors (Lipinski definition) is 2. The smallest absolute Gasteiger partial charge is 0.127 e. The van der Waals surface area contributed by atoms with Gasteiger partial charge in [-0.15, -0.1) is 0 Å². The quantitative estimate of drug-likeness (QED) is 0.773. The second-order valence-electron chi connectivity index (χ2n) is 3.16. The molecule has 17 heavy (non-hydrogen) atoms. The number of rotatable bonds is 2. The van der Waals surface area contributed by atoms with E-state index in [1.807, 2.05) is 13.8 Å². The summed E-state index contributed by atoms with van der Waals surface area (Å²) in [4.78, 5) is 0. The predicted molar refractivity (Wildman–Crippen MR) is 70.4 cm³/mol. The molecule has 0 amide bonds. The van der Waals surface area contributed by atoms with Gasteiger partial charge in [0.15, 0.2) is 0 Å². The number of phenols is 1. The molecule has 0 unspecified atom stereocenters. The van der Waals surface area contributed by atoms with Gasteiger partial charge in [-0.05, 0) is 48.5 Å². The van der Waals surface area contributed by atoms with Crippen molar-refractivity contribution in [2.45, 2.75) is 13.8 Å². The molecule has 0 atom stereocenters. The second-order valence-corrected chi connectivity index (χ2v) is 3.16. The third-order valence-electron chi connectivity index (χ3n) is 1.95. The summed E-state index contributed by atoms with van der Waals surface area (Å²) in [5, 5.41) is 9.09. The molecular formula is C14H17NO2. The zero-order valence-electron chi connectivity index (χ0n) is 10.1. The van der Waals surface area contributed by atoms with E-state index in [1.165, 1.54) is 0 Å². The van der Waals surface area contributed by atoms with Gasteiger partial charge in [0.05, 0.1) is 0 Å². The van der Waals surface area contributed by atoms with Gasteiger partial charge in [-0.2, -0.15) is 0 Å². The molecule has 0 aliphatic carbocycles. The summed E-state index contributed by atoms with van der Waals surface area (Å²) in [5.74, 6) is 1.62. The summed E-state index contributed by atoms with van der Waals surface area (Å²) < 4.78 is 5.52. The van der Waals surface area contributed by atoms with Crippen LogP contribution in [0, 0.1) is 0 Å². The van der Waals surface area contributed by atoms with Gasteiger partial charge in [0.1, 0.15) is 17.2 Å². The average Bonchev–Trinajstić information content (AvgIpc) is 2.37. The average molecular weight is 231 g/mol. The topological polar surface area (TPSA) is 55.5 Å². The molecule has 0 aliphatic rings. The van der Waals surface area contributed by atoms with Crippen molar-refractivity contribution in [1.82, 2.24) is 0 Å². The molecule has 0 saturated heterocycles. The summed E-state index contributed by atoms with van der Waals surface area (Å²) in [6, 6.07) is 13.7. The maximum Gasteiger partial charge on any atom is 0.127 e. The number of phenolic OH excluding ortho intramolecular Hbond substituents is 1. The van der Waals surface area contributed by atoms with Crippen molar-refractivity contribution in [2.75, 3.05) is 5.73 Å². The lowest BCUT2D eigenvalue weighted by Crippen LogP contribution is -1.86. The lowest BCUT2D eigenvalue weighted by atomic mass is 10.3. The molecule has 0 spiro atoms. The molecule has 2 rings (SSSR count). The van der Waals surface area contributed by atoms with Crippen molar-refractivity contribution in [3.05, 3.63) is 48.5 Å². The molecule has 0 aliphatic heterocycles. The van der Waals surface area contributed by atoms with Crippen LogP contribution in [0.2, 0.25) is 0 Å². The maximum absolute atomic E-state index is 9.09. The Morgan fingerprint density at radius 3 is 1.71 bits per heavy atom. The van der Waals surface area contributed by atoms with Crippen molar-refractivity contribution in [3.63, 3.8) is 0 Å². The van der Waals surface area contributed by atoms with E-state index >= 15 is 0 Å². The van der Waals surface area contributed by atoms with Crippen LogP contribution in [-0.4, -0.2) is 5.11 Å². The fourth-order valence-electron chi connectivity index (χ4n) is 1.19. The molecule has 3 N–H and O–H groups in total. The Morgan fingerprint density at radius 2 is 1.24 bits per heavy atom. The van der Waals surface area contributed by atoms with Crippen LogP contribution >= 0.6 is 0 Å². The van der Waals surface area contributed by atoms with Crippen molar-refractivity contribution in [2.24, 2.45) is 0 Å². The lowest BCUT2D eigenvalue weighted by Gasteiger charge is -2.05. The minimum atomic E-state index is 0.222. The fourth-order valence-corrected chi connectivity index (χ4v) is 1.19. The third-order valence-corrected chi connectivity index (χ3v) is 1.95. The van der Waals surface area contributed by atoms with Crippen LogP contribution in [0.25, 0.3) is 0 Å². The highest BCUT2D eigenvalue weighted by Crippen LogP contribution is 2.23. The second kappa shape index (κ2) is 6.43. The van der Waals surface area contributed by atoms with Crippen LogP contribution in [0.5, 0.6) is 17.2 Å². The molecule has 0 aromatic heterocycles. The summed E-state index contributed by atoms with van der Waals surface area (Å²) in [6.45, 7) is 4.00. The Morgan fingerprint density at radius 1 is 0.824 bits per heavy atom. The van der Waals surface area contributed by atoms with Crippen LogP contribution in [-0.2, 0) is 0 Å². The molecule has 2 aromatic rings. The summed E-state index contributed by atoms with van der Waals surface area (Å²) >= 11 is 0. The molecular weight excluding hydrogens is 214 g/mol. The van der Waals surface area contributed by atoms with E-state index in [2.05, 4.69) is 0 Å². The highest BCUT2D eigenvalue weighted by Gasteiger charge is 1.96. The zero-order chi connectivity index (χ0) is 12.7. The zero-order valence-corrected chi connectivity index (χ0v) is 10.1. The molecule has 0 radical (unpaired) electrons. The number of ether oxygens (including phenoxy) is 1. The van der Waals surface area contributed by atoms with Crippen LogP contribution < -0.4 is 10.5 Å². The van der Waals surface area contributed by atoms with Gasteiger partial charge in [-0.1, -0.05) is 13.8 Å². The molecule has 2 aromatic carbocycles. The first-order valence-corrected chi connectivity index (χ1v) is 5.56. The number of benzene rings is 2. The first-order valence-electron chi connectivity index (χ1n) is 5.56. The SMILES string of the molecule is CC.Nc1ccc(Oc2ccc(O)cc2)cc1. The standard InChI is InChI=1S/C12H11NO2.C2H6/c13-9-1-5-11(6-2-9)15-12-7-3-10(14)4-8-12;1-2/h1-8,14H,13H2;1-2H3. The minimum Gasteiger partial charge on any atom is -0.508 e. The van der Waals surface area contributed by atoms with Gasteiger partial charge in [0.25, 0.3) is 0 Å². The van der Waals surface area contributed by atoms with Crippen molar-refractivity contribution >= 4 is 5.69 Å². The molecule has 3 heteroatoms. The normalized spacial score (nSPS) is 9.06. The van der Waals surface area contributed by atoms with Crippen molar-refractivity contribution < 1.29 is 9.84 Å². The molecule has 0 saturated carbocycles. The van der Waals surface area contributed by atoms with E-state index in [1.54, 1.807) is 48.5 Å². The first kappa shape index (κ1) is 12.9. The largest absolute Gasteiger partial charge is 0.508 e. The van der Waals surface area contributed by atoms with Gasteiger partial charge in [0.2, 0.25) is 0 Å². The van der Waals surface area contributed by atoms with E-state index in [-0.39, 0.29) is 5.75 Å². The number of hydrogen-bond acceptors (Lipinski definition) is 3. The van der Waals surface area contributed by atoms with Crippen LogP contribution in [0.1, 0.15) is 13.8 Å². The Hall–Kier alpha value is -2.16. The fraction of sp³-hybridized carbons (Fsp3) is 0.143. The number of nitrogen functional groups attached to an aromatic ring is 1. The van der Waals surface area contributed by atoms with E-state index in [0.29, 0.717) is 11.4 Å². The highest BCUT2D eigenvalue weighted by atomic mass is 16.5. The molecule has 0 fully saturated rings. The van der Waals surface area contributed by atoms with Gasteiger partial charge in [0, 0.05) is 5.69 Å². The minimum absolute atomic E-state index is 0.222. The van der Waals surface area contributed by atoms with Crippen molar-refractivity contribution in [1.29, 1.82) is 0 Å². The van der Waals surface area contributed by atoms with E-state index < -0.39 is 0 Å². The maximum atomic E-state index is 9.09. The Balaban J connectivity index is 0.000000686. The van der Waals surface area contributed by atoms with Gasteiger partial charge in [-0.3, -0.25) is 0 Å². The summed E-state index contributed by atoms with van der Waals surface area (Å²) in [7, 11) is 0. The first-order chi connectivity index (χ1) is 8.24. The Labute approximate surface area is 101 Å². The van der Waals surface area contributed by atoms with Gasteiger partial charge < -0.3 is 15.6 Å². The van der Waals surface area contributed by atoms with E-state index in [0.717, 1.165) is 5.75 Å². The van der Waals surface area contributed by atoms with Crippen LogP contribution in [0.4, 0.5) is 5.69 Å². The third kappa shape index (κ3) is 4.07. The van der Waals surface area contributed by atoms with E-state index in [4.69, 9.17) is 15.6 Å². The summed E-state index contributed by atoms with van der Waals surface area (Å²) in [5.41, 5.74) is 6.25. The Bertz CT molecular complexity index is 391.